The number of nitrogens with zero attached hydrogens (tertiary/aromatic N) is 2. The van der Waals surface area contributed by atoms with Crippen molar-refractivity contribution < 1.29 is 19.4 Å². The number of hydrogen-bond acceptors (Lipinski definition) is 4. The van der Waals surface area contributed by atoms with Gasteiger partial charge in [-0.3, -0.25) is 5.32 Å². The highest BCUT2D eigenvalue weighted by Crippen LogP contribution is 2.37. The number of carbonyl (C=O) groups excluding carboxylic acids is 1. The fourth-order valence-corrected chi connectivity index (χ4v) is 3.05. The summed E-state index contributed by atoms with van der Waals surface area (Å²) in [6.45, 7) is 9.67. The highest BCUT2D eigenvalue weighted by Gasteiger charge is 2.32. The average Bonchev–Trinajstić information content (AvgIpc) is 3.03. The number of aromatic nitrogens is 2. The van der Waals surface area contributed by atoms with E-state index >= 15 is 0 Å². The minimum Gasteiger partial charge on any atom is -0.465 e. The average molecular weight is 352 g/mol. The minimum absolute atomic E-state index is 0.0387. The third-order valence-corrected chi connectivity index (χ3v) is 4.08. The van der Waals surface area contributed by atoms with Crippen LogP contribution >= 0.6 is 0 Å². The van der Waals surface area contributed by atoms with Crippen molar-refractivity contribution >= 4 is 18.0 Å². The van der Waals surface area contributed by atoms with E-state index in [-0.39, 0.29) is 23.6 Å². The molecule has 0 aliphatic heterocycles. The first kappa shape index (κ1) is 19.1. The number of ether oxygens (including phenoxy) is 1. The summed E-state index contributed by atoms with van der Waals surface area (Å²) < 4.78 is 7.14. The predicted octanol–water partition coefficient (Wildman–Crippen LogP) is 3.50. The van der Waals surface area contributed by atoms with E-state index in [1.807, 2.05) is 34.6 Å². The molecule has 8 heteroatoms. The summed E-state index contributed by atoms with van der Waals surface area (Å²) in [5, 5.41) is 18.8. The van der Waals surface area contributed by atoms with Crippen LogP contribution in [0.5, 0.6) is 0 Å². The number of carbonyl (C=O) groups is 2. The second kappa shape index (κ2) is 7.33. The van der Waals surface area contributed by atoms with E-state index in [2.05, 4.69) is 15.7 Å². The van der Waals surface area contributed by atoms with Gasteiger partial charge in [-0.1, -0.05) is 0 Å². The Labute approximate surface area is 147 Å². The molecular formula is C17H28N4O4. The van der Waals surface area contributed by atoms with Gasteiger partial charge in [0.25, 0.3) is 0 Å². The van der Waals surface area contributed by atoms with Crippen molar-refractivity contribution in [3.8, 4) is 0 Å². The third kappa shape index (κ3) is 5.11. The lowest BCUT2D eigenvalue weighted by Crippen LogP contribution is -2.33. The topological polar surface area (TPSA) is 105 Å². The van der Waals surface area contributed by atoms with Gasteiger partial charge in [-0.2, -0.15) is 5.10 Å². The molecule has 2 atom stereocenters. The summed E-state index contributed by atoms with van der Waals surface area (Å²) in [7, 11) is 0. The van der Waals surface area contributed by atoms with E-state index in [9.17, 15) is 9.59 Å². The molecule has 8 nitrogen and oxygen atoms in total. The molecule has 1 saturated carbocycles. The van der Waals surface area contributed by atoms with Gasteiger partial charge in [0.05, 0.1) is 11.2 Å². The Balaban J connectivity index is 2.08. The fourth-order valence-electron chi connectivity index (χ4n) is 3.05. The number of nitrogens with one attached hydrogen (secondary N) is 2. The molecule has 0 saturated heterocycles. The Morgan fingerprint density at radius 3 is 2.60 bits per heavy atom. The summed E-state index contributed by atoms with van der Waals surface area (Å²) in [6, 6.07) is 1.82. The van der Waals surface area contributed by atoms with Crippen LogP contribution < -0.4 is 10.6 Å². The molecule has 0 aromatic carbocycles. The number of anilines is 1. The highest BCUT2D eigenvalue weighted by molar-refractivity contribution is 5.81. The van der Waals surface area contributed by atoms with E-state index < -0.39 is 12.2 Å². The molecule has 0 unspecified atom stereocenters. The van der Waals surface area contributed by atoms with Crippen LogP contribution in [0.15, 0.2) is 6.07 Å². The van der Waals surface area contributed by atoms with Crippen LogP contribution in [-0.4, -0.2) is 39.2 Å². The molecule has 1 aromatic heterocycles. The third-order valence-electron chi connectivity index (χ3n) is 4.08. The van der Waals surface area contributed by atoms with Crippen LogP contribution in [-0.2, 0) is 10.3 Å². The van der Waals surface area contributed by atoms with Gasteiger partial charge in [-0.05, 0) is 53.9 Å². The molecule has 1 aliphatic carbocycles. The number of carboxylic acid groups (broad SMARTS) is 1. The number of alkyl carbamates (subject to hydrolysis) is 1. The van der Waals surface area contributed by atoms with Crippen molar-refractivity contribution in [2.24, 2.45) is 0 Å². The van der Waals surface area contributed by atoms with Crippen LogP contribution in [0.1, 0.15) is 65.5 Å². The van der Waals surface area contributed by atoms with Crippen molar-refractivity contribution in [3.05, 3.63) is 11.8 Å². The van der Waals surface area contributed by atoms with E-state index in [1.165, 1.54) is 0 Å². The van der Waals surface area contributed by atoms with Crippen LogP contribution in [0.3, 0.4) is 0 Å². The van der Waals surface area contributed by atoms with Crippen molar-refractivity contribution in [1.29, 1.82) is 0 Å². The Hall–Kier alpha value is -2.25. The maximum absolute atomic E-state index is 11.7. The second-order valence-corrected chi connectivity index (χ2v) is 7.80. The minimum atomic E-state index is -1.12. The molecular weight excluding hydrogens is 324 g/mol. The molecule has 3 N–H and O–H groups in total. The van der Waals surface area contributed by atoms with Gasteiger partial charge in [0.1, 0.15) is 11.9 Å². The van der Waals surface area contributed by atoms with Crippen LogP contribution in [0.25, 0.3) is 0 Å². The Bertz CT molecular complexity index is 633. The number of hydrogen-bond donors (Lipinski definition) is 3. The van der Waals surface area contributed by atoms with Gasteiger partial charge < -0.3 is 15.2 Å². The second-order valence-electron chi connectivity index (χ2n) is 7.80. The quantitative estimate of drug-likeness (QED) is 0.769. The first-order valence-electron chi connectivity index (χ1n) is 8.63. The molecule has 0 bridgehead atoms. The molecule has 1 heterocycles. The van der Waals surface area contributed by atoms with Crippen molar-refractivity contribution in [1.82, 2.24) is 15.1 Å². The Morgan fingerprint density at radius 1 is 1.36 bits per heavy atom. The molecule has 1 aliphatic rings. The molecule has 1 fully saturated rings. The molecule has 25 heavy (non-hydrogen) atoms. The van der Waals surface area contributed by atoms with Gasteiger partial charge in [0.15, 0.2) is 0 Å². The zero-order chi connectivity index (χ0) is 18.8. The monoisotopic (exact) mass is 352 g/mol. The van der Waals surface area contributed by atoms with Crippen LogP contribution in [0.2, 0.25) is 0 Å². The van der Waals surface area contributed by atoms with E-state index in [0.29, 0.717) is 12.2 Å². The number of amides is 2. The van der Waals surface area contributed by atoms with E-state index in [4.69, 9.17) is 9.84 Å². The normalized spacial score (nSPS) is 20.6. The lowest BCUT2D eigenvalue weighted by atomic mass is 10.0. The van der Waals surface area contributed by atoms with Gasteiger partial charge in [0.2, 0.25) is 0 Å². The zero-order valence-corrected chi connectivity index (χ0v) is 15.5. The Kier molecular flexibility index (Phi) is 5.59. The summed E-state index contributed by atoms with van der Waals surface area (Å²) in [5.41, 5.74) is 0.482. The largest absolute Gasteiger partial charge is 0.465 e. The highest BCUT2D eigenvalue weighted by atomic mass is 16.6. The smallest absolute Gasteiger partial charge is 0.410 e. The van der Waals surface area contributed by atoms with Gasteiger partial charge >= 0.3 is 12.2 Å². The summed E-state index contributed by atoms with van der Waals surface area (Å²) in [4.78, 5) is 22.8. The van der Waals surface area contributed by atoms with Crippen molar-refractivity contribution in [2.45, 2.75) is 77.5 Å². The van der Waals surface area contributed by atoms with Gasteiger partial charge in [0, 0.05) is 18.0 Å². The molecule has 2 amide bonds. The molecule has 0 radical (unpaired) electrons. The van der Waals surface area contributed by atoms with Gasteiger partial charge in [-0.15, -0.1) is 0 Å². The van der Waals surface area contributed by atoms with Crippen LogP contribution in [0.4, 0.5) is 15.4 Å². The van der Waals surface area contributed by atoms with E-state index in [0.717, 1.165) is 18.5 Å². The Morgan fingerprint density at radius 2 is 2.04 bits per heavy atom. The molecule has 1 aromatic rings. The van der Waals surface area contributed by atoms with Crippen molar-refractivity contribution in [3.63, 3.8) is 0 Å². The van der Waals surface area contributed by atoms with Crippen molar-refractivity contribution in [2.75, 3.05) is 5.32 Å². The molecule has 0 spiro atoms. The summed E-state index contributed by atoms with van der Waals surface area (Å²) >= 11 is 0. The summed E-state index contributed by atoms with van der Waals surface area (Å²) in [5.74, 6) is 0.603. The van der Waals surface area contributed by atoms with E-state index in [1.54, 1.807) is 10.7 Å². The zero-order valence-electron chi connectivity index (χ0n) is 15.5. The molecule has 2 rings (SSSR count). The maximum Gasteiger partial charge on any atom is 0.410 e. The first-order chi connectivity index (χ1) is 11.6. The van der Waals surface area contributed by atoms with Gasteiger partial charge in [-0.25, -0.2) is 14.3 Å². The maximum atomic E-state index is 11.7. The summed E-state index contributed by atoms with van der Waals surface area (Å²) in [6.07, 6.45) is 0.677. The number of rotatable bonds is 4. The molecule has 140 valence electrons. The SMILES string of the molecule is CC(C)NC(=O)O[C@@H]1CC[C@H](c2cc(NC(=O)O)n(C(C)(C)C)n2)C1. The standard InChI is InChI=1S/C17H28N4O4/c1-10(2)18-16(24)25-12-7-6-11(8-12)13-9-14(19-15(22)23)21(20-13)17(3,4)5/h9-12,19H,6-8H2,1-5H3,(H,18,24)(H,22,23)/t11-,12+/m0/s1. The predicted molar refractivity (Wildman–Crippen MR) is 94.0 cm³/mol. The lowest BCUT2D eigenvalue weighted by molar-refractivity contribution is 0.0981. The fraction of sp³-hybridized carbons (Fsp3) is 0.706. The van der Waals surface area contributed by atoms with Crippen LogP contribution in [0, 0.1) is 0 Å². The lowest BCUT2D eigenvalue weighted by Gasteiger charge is -2.22. The first-order valence-corrected chi connectivity index (χ1v) is 8.63.